The number of fused-ring (bicyclic) bond motifs is 4. The summed E-state index contributed by atoms with van der Waals surface area (Å²) in [4.78, 5) is 14.1. The summed E-state index contributed by atoms with van der Waals surface area (Å²) in [5.41, 5.74) is 6.23. The minimum Gasteiger partial charge on any atom is -0.463 e. The topological polar surface area (TPSA) is 122 Å². The Morgan fingerprint density at radius 2 is 2.02 bits per heavy atom. The quantitative estimate of drug-likeness (QED) is 0.237. The van der Waals surface area contributed by atoms with Gasteiger partial charge in [0.25, 0.3) is 0 Å². The van der Waals surface area contributed by atoms with Crippen molar-refractivity contribution in [2.75, 3.05) is 76.9 Å². The van der Waals surface area contributed by atoms with E-state index in [1.165, 1.54) is 12.1 Å². The van der Waals surface area contributed by atoms with Gasteiger partial charge in [-0.05, 0) is 43.4 Å². The van der Waals surface area contributed by atoms with Gasteiger partial charge in [0.2, 0.25) is 0 Å². The van der Waals surface area contributed by atoms with Crippen molar-refractivity contribution in [1.29, 1.82) is 5.26 Å². The fourth-order valence-corrected chi connectivity index (χ4v) is 9.02. The van der Waals surface area contributed by atoms with Crippen LogP contribution < -0.4 is 20.7 Å². The van der Waals surface area contributed by atoms with Crippen LogP contribution >= 0.6 is 22.9 Å². The van der Waals surface area contributed by atoms with Gasteiger partial charge in [-0.2, -0.15) is 15.2 Å². The van der Waals surface area contributed by atoms with E-state index in [1.54, 1.807) is 13.2 Å². The van der Waals surface area contributed by atoms with Crippen LogP contribution in [0.1, 0.15) is 31.2 Å². The highest BCUT2D eigenvalue weighted by Crippen LogP contribution is 2.48. The summed E-state index contributed by atoms with van der Waals surface area (Å²) in [5.74, 6) is -0.711. The Morgan fingerprint density at radius 3 is 2.77 bits per heavy atom. The van der Waals surface area contributed by atoms with Crippen LogP contribution in [0.2, 0.25) is 5.02 Å². The van der Waals surface area contributed by atoms with E-state index in [0.29, 0.717) is 37.5 Å². The van der Waals surface area contributed by atoms with Crippen molar-refractivity contribution in [2.24, 2.45) is 5.41 Å². The average Bonchev–Trinajstić information content (AvgIpc) is 3.65. The van der Waals surface area contributed by atoms with Crippen molar-refractivity contribution in [1.82, 2.24) is 20.2 Å². The van der Waals surface area contributed by atoms with Crippen molar-refractivity contribution in [3.63, 3.8) is 0 Å². The molecule has 10 nitrogen and oxygen atoms in total. The molecule has 252 valence electrons. The van der Waals surface area contributed by atoms with Crippen LogP contribution in [0.15, 0.2) is 18.2 Å². The van der Waals surface area contributed by atoms with Crippen LogP contribution in [0.4, 0.5) is 19.6 Å². The molecule has 4 aromatic rings. The van der Waals surface area contributed by atoms with Crippen LogP contribution in [-0.4, -0.2) is 92.7 Å². The van der Waals surface area contributed by atoms with Crippen LogP contribution in [-0.2, 0) is 9.47 Å². The van der Waals surface area contributed by atoms with Crippen LogP contribution in [0, 0.1) is 28.4 Å². The second-order valence-corrected chi connectivity index (χ2v) is 15.1. The maximum atomic E-state index is 17.1. The number of rotatable bonds is 9. The predicted octanol–water partition coefficient (Wildman–Crippen LogP) is 5.35. The first-order valence-electron chi connectivity index (χ1n) is 16.3. The molecule has 2 aromatic heterocycles. The fraction of sp³-hybridized carbons (Fsp3) is 0.500. The molecule has 0 radical (unpaired) electrons. The molecule has 3 saturated heterocycles. The third-order valence-electron chi connectivity index (χ3n) is 10.3. The fourth-order valence-electron chi connectivity index (χ4n) is 7.78. The lowest BCUT2D eigenvalue weighted by atomic mass is 9.96. The van der Waals surface area contributed by atoms with Crippen molar-refractivity contribution < 1.29 is 23.0 Å². The number of methoxy groups -OCH3 is 1. The number of nitrogens with zero attached hydrogens (tertiary/aromatic N) is 5. The highest BCUT2D eigenvalue weighted by Gasteiger charge is 2.47. The molecule has 4 aliphatic rings. The Labute approximate surface area is 285 Å². The number of nitrogens with two attached hydrogens (primary N) is 1. The normalized spacial score (nSPS) is 23.6. The first-order valence-corrected chi connectivity index (χ1v) is 17.5. The summed E-state index contributed by atoms with van der Waals surface area (Å²) in [6, 6.07) is 6.71. The molecule has 2 bridgehead atoms. The Balaban J connectivity index is 1.24. The lowest BCUT2D eigenvalue weighted by Gasteiger charge is -2.42. The van der Waals surface area contributed by atoms with E-state index in [2.05, 4.69) is 26.2 Å². The molecule has 1 aliphatic carbocycles. The SMILES string of the molecule is COCC12CCC(CN(c3nc(OCC4(CN5CCOCC5)CC4)nc4c(F)c(-c5ccc(F)c6sc(N)c(C#N)c56)c(Cl)cc34)C1)N2. The van der Waals surface area contributed by atoms with Gasteiger partial charge in [-0.25, -0.2) is 8.78 Å². The number of nitrogen functional groups attached to an aromatic ring is 1. The van der Waals surface area contributed by atoms with Gasteiger partial charge in [0.15, 0.2) is 5.82 Å². The molecule has 1 saturated carbocycles. The Morgan fingerprint density at radius 1 is 1.21 bits per heavy atom. The van der Waals surface area contributed by atoms with E-state index in [-0.39, 0.29) is 65.3 Å². The summed E-state index contributed by atoms with van der Waals surface area (Å²) < 4.78 is 49.7. The molecule has 3 aliphatic heterocycles. The first kappa shape index (κ1) is 31.9. The monoisotopic (exact) mass is 695 g/mol. The summed E-state index contributed by atoms with van der Waals surface area (Å²) in [5, 5.41) is 14.5. The number of benzene rings is 2. The lowest BCUT2D eigenvalue weighted by molar-refractivity contribution is 0.0231. The number of thiophene rings is 1. The van der Waals surface area contributed by atoms with Crippen LogP contribution in [0.5, 0.6) is 6.01 Å². The number of halogens is 3. The number of ether oxygens (including phenoxy) is 3. The molecular formula is C34H36ClF2N7O3S. The van der Waals surface area contributed by atoms with Crippen molar-refractivity contribution in [3.05, 3.63) is 40.4 Å². The number of morpholine rings is 1. The van der Waals surface area contributed by atoms with E-state index >= 15 is 4.39 Å². The Bertz CT molecular complexity index is 1960. The Hall–Kier alpha value is -3.38. The molecule has 8 rings (SSSR count). The van der Waals surface area contributed by atoms with Gasteiger partial charge in [-0.1, -0.05) is 17.7 Å². The summed E-state index contributed by atoms with van der Waals surface area (Å²) in [6.45, 7) is 6.33. The van der Waals surface area contributed by atoms with E-state index in [4.69, 9.17) is 36.5 Å². The second-order valence-electron chi connectivity index (χ2n) is 13.7. The Kier molecular flexibility index (Phi) is 8.09. The first-order chi connectivity index (χ1) is 23.2. The predicted molar refractivity (Wildman–Crippen MR) is 182 cm³/mol. The van der Waals surface area contributed by atoms with Gasteiger partial charge >= 0.3 is 6.01 Å². The number of piperazine rings is 1. The van der Waals surface area contributed by atoms with Crippen molar-refractivity contribution in [2.45, 2.75) is 37.3 Å². The second kappa shape index (κ2) is 12.2. The molecule has 2 atom stereocenters. The number of hydrogen-bond acceptors (Lipinski definition) is 11. The minimum absolute atomic E-state index is 0.0114. The van der Waals surface area contributed by atoms with Gasteiger partial charge in [0.05, 0.1) is 47.3 Å². The van der Waals surface area contributed by atoms with Crippen LogP contribution in [0.25, 0.3) is 32.1 Å². The van der Waals surface area contributed by atoms with Gasteiger partial charge < -0.3 is 30.2 Å². The molecule has 3 N–H and O–H groups in total. The smallest absolute Gasteiger partial charge is 0.319 e. The molecule has 0 spiro atoms. The molecule has 0 amide bonds. The molecule has 2 aromatic carbocycles. The molecule has 5 heterocycles. The number of nitriles is 1. The number of nitrogens with one attached hydrogen (secondary N) is 1. The molecule has 4 fully saturated rings. The molecule has 2 unspecified atom stereocenters. The number of hydrogen-bond donors (Lipinski definition) is 2. The molecule has 14 heteroatoms. The minimum atomic E-state index is -0.702. The maximum absolute atomic E-state index is 17.1. The molecule has 48 heavy (non-hydrogen) atoms. The zero-order valence-corrected chi connectivity index (χ0v) is 28.2. The van der Waals surface area contributed by atoms with Crippen molar-refractivity contribution in [3.8, 4) is 23.2 Å². The molecular weight excluding hydrogens is 660 g/mol. The average molecular weight is 696 g/mol. The van der Waals surface area contributed by atoms with Gasteiger partial charge in [-0.3, -0.25) is 4.90 Å². The highest BCUT2D eigenvalue weighted by molar-refractivity contribution is 7.23. The number of anilines is 2. The lowest BCUT2D eigenvalue weighted by Crippen LogP contribution is -2.61. The van der Waals surface area contributed by atoms with E-state index in [1.807, 2.05) is 0 Å². The summed E-state index contributed by atoms with van der Waals surface area (Å²) in [7, 11) is 1.70. The largest absolute Gasteiger partial charge is 0.463 e. The zero-order valence-electron chi connectivity index (χ0n) is 26.6. The third-order valence-corrected chi connectivity index (χ3v) is 11.6. The third kappa shape index (κ3) is 5.52. The highest BCUT2D eigenvalue weighted by atomic mass is 35.5. The standard InChI is InChI=1S/C34H36ClF2N7O3S/c1-45-18-34-5-4-19(42-34)14-44(16-34)31-21-12-23(35)26(20-2-3-24(36)29-25(20)22(13-38)30(39)48-29)27(37)28(21)40-32(41-31)47-17-33(6-7-33)15-43-8-10-46-11-9-43/h2-3,12,19,42H,4-11,14-18,39H2,1H3. The van der Waals surface area contributed by atoms with Crippen LogP contribution in [0.3, 0.4) is 0 Å². The zero-order chi connectivity index (χ0) is 33.2. The van der Waals surface area contributed by atoms with E-state index in [0.717, 1.165) is 69.9 Å². The van der Waals surface area contributed by atoms with E-state index in [9.17, 15) is 9.65 Å². The van der Waals surface area contributed by atoms with Gasteiger partial charge in [0, 0.05) is 67.6 Å². The van der Waals surface area contributed by atoms with Gasteiger partial charge in [0.1, 0.15) is 28.2 Å². The number of aromatic nitrogens is 2. The summed E-state index contributed by atoms with van der Waals surface area (Å²) >= 11 is 7.86. The van der Waals surface area contributed by atoms with Crippen molar-refractivity contribution >= 4 is 54.7 Å². The maximum Gasteiger partial charge on any atom is 0.319 e. The van der Waals surface area contributed by atoms with Gasteiger partial charge in [-0.15, -0.1) is 11.3 Å². The summed E-state index contributed by atoms with van der Waals surface area (Å²) in [6.07, 6.45) is 4.00. The van der Waals surface area contributed by atoms with E-state index < -0.39 is 11.6 Å².